The van der Waals surface area contributed by atoms with Crippen LogP contribution in [0.3, 0.4) is 0 Å². The Morgan fingerprint density at radius 3 is 2.27 bits per heavy atom. The summed E-state index contributed by atoms with van der Waals surface area (Å²) in [5, 5.41) is 0. The fourth-order valence-electron chi connectivity index (χ4n) is 2.84. The number of hydrogen-bond donors (Lipinski definition) is 0. The van der Waals surface area contributed by atoms with Crippen LogP contribution in [-0.2, 0) is 23.1 Å². The van der Waals surface area contributed by atoms with Crippen molar-refractivity contribution in [3.63, 3.8) is 0 Å². The largest absolute Gasteiger partial charge is 0.530 e. The number of ether oxygens (including phenoxy) is 2. The summed E-state index contributed by atoms with van der Waals surface area (Å²) >= 11 is 0. The van der Waals surface area contributed by atoms with Gasteiger partial charge in [0.25, 0.3) is 0 Å². The number of phosphoric ester groups is 1. The van der Waals surface area contributed by atoms with Crippen LogP contribution in [0, 0.1) is 10.8 Å². The Morgan fingerprint density at radius 1 is 1.10 bits per heavy atom. The standard InChI is InChI=1S/C23H37O6P/c1-17(2)28-21(20(23(6,7)8)15-25-16-22(3,4)5)18-10-9-11-19(14-18)29-30(24)26-12-13-27-30/h9-11,14,17H,12-13,15-16H2,1-8H3. The van der Waals surface area contributed by atoms with Gasteiger partial charge in [0.05, 0.1) is 32.5 Å². The first-order valence-corrected chi connectivity index (χ1v) is 11.9. The molecule has 30 heavy (non-hydrogen) atoms. The van der Waals surface area contributed by atoms with E-state index in [0.29, 0.717) is 19.0 Å². The molecule has 0 aliphatic carbocycles. The summed E-state index contributed by atoms with van der Waals surface area (Å²) in [6.45, 7) is 18.5. The summed E-state index contributed by atoms with van der Waals surface area (Å²) in [6, 6.07) is 7.32. The molecule has 1 heterocycles. The highest BCUT2D eigenvalue weighted by atomic mass is 31.2. The van der Waals surface area contributed by atoms with Crippen molar-refractivity contribution in [2.75, 3.05) is 26.4 Å². The first-order chi connectivity index (χ1) is 13.8. The second kappa shape index (κ2) is 9.86. The second-order valence-electron chi connectivity index (χ2n) is 10.0. The van der Waals surface area contributed by atoms with Gasteiger partial charge in [-0.25, -0.2) is 4.57 Å². The lowest BCUT2D eigenvalue weighted by molar-refractivity contribution is 0.0773. The molecule has 2 rings (SSSR count). The number of hydrogen-bond acceptors (Lipinski definition) is 6. The molecule has 0 N–H and O–H groups in total. The average Bonchev–Trinajstić information content (AvgIpc) is 3.01. The second-order valence-corrected chi connectivity index (χ2v) is 11.6. The molecule has 170 valence electrons. The minimum atomic E-state index is -3.54. The Bertz CT molecular complexity index is 776. The smallest absolute Gasteiger partial charge is 0.490 e. The molecule has 7 heteroatoms. The van der Waals surface area contributed by atoms with E-state index in [1.165, 1.54) is 0 Å². The molecule has 0 saturated carbocycles. The molecule has 1 fully saturated rings. The van der Waals surface area contributed by atoms with Gasteiger partial charge in [0, 0.05) is 11.1 Å². The van der Waals surface area contributed by atoms with E-state index in [1.807, 2.05) is 26.0 Å². The van der Waals surface area contributed by atoms with E-state index in [2.05, 4.69) is 41.5 Å². The summed E-state index contributed by atoms with van der Waals surface area (Å²) in [7, 11) is -3.54. The fraction of sp³-hybridized carbons (Fsp3) is 0.652. The van der Waals surface area contributed by atoms with E-state index in [4.69, 9.17) is 23.0 Å². The molecule has 0 radical (unpaired) electrons. The molecule has 1 aliphatic rings. The van der Waals surface area contributed by atoms with Gasteiger partial charge < -0.3 is 14.0 Å². The van der Waals surface area contributed by atoms with Crippen molar-refractivity contribution in [3.05, 3.63) is 35.4 Å². The van der Waals surface area contributed by atoms with E-state index in [9.17, 15) is 4.57 Å². The van der Waals surface area contributed by atoms with Crippen molar-refractivity contribution in [2.24, 2.45) is 10.8 Å². The number of phosphoric acid groups is 1. The number of rotatable bonds is 8. The van der Waals surface area contributed by atoms with Gasteiger partial charge in [0.15, 0.2) is 0 Å². The zero-order valence-corrected chi connectivity index (χ0v) is 20.5. The van der Waals surface area contributed by atoms with Crippen LogP contribution in [0.2, 0.25) is 0 Å². The van der Waals surface area contributed by atoms with Crippen LogP contribution >= 0.6 is 7.82 Å². The van der Waals surface area contributed by atoms with Gasteiger partial charge in [0.1, 0.15) is 11.5 Å². The third-order valence-electron chi connectivity index (χ3n) is 4.21. The lowest BCUT2D eigenvalue weighted by Crippen LogP contribution is -2.22. The third-order valence-corrected chi connectivity index (χ3v) is 5.64. The summed E-state index contributed by atoms with van der Waals surface area (Å²) in [5.74, 6) is 1.16. The molecule has 0 amide bonds. The molecular formula is C23H37O6P. The minimum absolute atomic E-state index is 0.0237. The van der Waals surface area contributed by atoms with Crippen molar-refractivity contribution in [3.8, 4) is 5.75 Å². The van der Waals surface area contributed by atoms with Crippen LogP contribution in [0.1, 0.15) is 61.0 Å². The Morgan fingerprint density at radius 2 is 1.73 bits per heavy atom. The molecule has 0 aromatic heterocycles. The normalized spacial score (nSPS) is 17.8. The van der Waals surface area contributed by atoms with Crippen LogP contribution in [0.25, 0.3) is 5.76 Å². The Kier molecular flexibility index (Phi) is 8.20. The topological polar surface area (TPSA) is 63.2 Å². The van der Waals surface area contributed by atoms with E-state index >= 15 is 0 Å². The highest BCUT2D eigenvalue weighted by molar-refractivity contribution is 7.49. The van der Waals surface area contributed by atoms with Crippen LogP contribution in [-0.4, -0.2) is 32.5 Å². The van der Waals surface area contributed by atoms with Crippen molar-refractivity contribution >= 4 is 13.6 Å². The first kappa shape index (κ1) is 24.9. The lowest BCUT2D eigenvalue weighted by atomic mass is 9.84. The molecule has 0 unspecified atom stereocenters. The predicted molar refractivity (Wildman–Crippen MR) is 119 cm³/mol. The van der Waals surface area contributed by atoms with E-state index < -0.39 is 7.82 Å². The number of benzene rings is 1. The molecular weight excluding hydrogens is 403 g/mol. The van der Waals surface area contributed by atoms with Gasteiger partial charge in [-0.1, -0.05) is 53.7 Å². The zero-order valence-electron chi connectivity index (χ0n) is 19.6. The molecule has 1 aromatic rings. The monoisotopic (exact) mass is 440 g/mol. The molecule has 0 atom stereocenters. The van der Waals surface area contributed by atoms with Gasteiger partial charge in [-0.05, 0) is 36.8 Å². The maximum absolute atomic E-state index is 12.4. The summed E-state index contributed by atoms with van der Waals surface area (Å²) in [6.07, 6.45) is -0.0237. The highest BCUT2D eigenvalue weighted by Crippen LogP contribution is 2.52. The first-order valence-electron chi connectivity index (χ1n) is 10.5. The molecule has 0 spiro atoms. The van der Waals surface area contributed by atoms with Gasteiger partial charge in [-0.2, -0.15) is 0 Å². The summed E-state index contributed by atoms with van der Waals surface area (Å²) in [4.78, 5) is 0. The van der Waals surface area contributed by atoms with Gasteiger partial charge in [-0.15, -0.1) is 0 Å². The summed E-state index contributed by atoms with van der Waals surface area (Å²) in [5.41, 5.74) is 1.78. The SMILES string of the molecule is CC(C)OC(=C(COCC(C)(C)C)C(C)(C)C)c1cccc(OP2(=O)OCCO2)c1. The highest BCUT2D eigenvalue weighted by Gasteiger charge is 2.34. The maximum Gasteiger partial charge on any atom is 0.530 e. The third kappa shape index (κ3) is 7.73. The van der Waals surface area contributed by atoms with Crippen molar-refractivity contribution < 1.29 is 27.6 Å². The van der Waals surface area contributed by atoms with E-state index in [-0.39, 0.29) is 30.1 Å². The molecule has 0 bridgehead atoms. The fourth-order valence-corrected chi connectivity index (χ4v) is 3.99. The maximum atomic E-state index is 12.4. The van der Waals surface area contributed by atoms with E-state index in [0.717, 1.165) is 16.9 Å². The van der Waals surface area contributed by atoms with Crippen molar-refractivity contribution in [1.82, 2.24) is 0 Å². The Hall–Kier alpha value is -1.33. The van der Waals surface area contributed by atoms with Crippen molar-refractivity contribution in [2.45, 2.75) is 61.5 Å². The van der Waals surface area contributed by atoms with Crippen LogP contribution in [0.5, 0.6) is 5.75 Å². The van der Waals surface area contributed by atoms with Crippen molar-refractivity contribution in [1.29, 1.82) is 0 Å². The Labute approximate surface area is 181 Å². The van der Waals surface area contributed by atoms with Gasteiger partial charge >= 0.3 is 7.82 Å². The summed E-state index contributed by atoms with van der Waals surface area (Å²) < 4.78 is 40.6. The Balaban J connectivity index is 2.41. The minimum Gasteiger partial charge on any atom is -0.490 e. The zero-order chi connectivity index (χ0) is 22.6. The van der Waals surface area contributed by atoms with Crippen LogP contribution in [0.15, 0.2) is 29.8 Å². The molecule has 1 aromatic carbocycles. The van der Waals surface area contributed by atoms with Gasteiger partial charge in [-0.3, -0.25) is 9.05 Å². The quantitative estimate of drug-likeness (QED) is 0.341. The molecule has 6 nitrogen and oxygen atoms in total. The van der Waals surface area contributed by atoms with Crippen LogP contribution < -0.4 is 4.52 Å². The van der Waals surface area contributed by atoms with Gasteiger partial charge in [0.2, 0.25) is 0 Å². The molecule has 1 saturated heterocycles. The van der Waals surface area contributed by atoms with Crippen LogP contribution in [0.4, 0.5) is 0 Å². The van der Waals surface area contributed by atoms with E-state index in [1.54, 1.807) is 12.1 Å². The predicted octanol–water partition coefficient (Wildman–Crippen LogP) is 6.47. The average molecular weight is 441 g/mol. The lowest BCUT2D eigenvalue weighted by Gasteiger charge is -2.29. The molecule has 1 aliphatic heterocycles.